The van der Waals surface area contributed by atoms with Crippen LogP contribution >= 0.6 is 23.2 Å². The number of hydrogen-bond acceptors (Lipinski definition) is 10. The Balaban J connectivity index is 0.000000173. The molecular formula is C40H45Cl2F3N6O7. The fraction of sp³-hybridized carbons (Fsp3) is 0.525. The Morgan fingerprint density at radius 2 is 1.10 bits per heavy atom. The molecule has 0 spiro atoms. The second kappa shape index (κ2) is 18.1. The lowest BCUT2D eigenvalue weighted by atomic mass is 9.99. The lowest BCUT2D eigenvalue weighted by Crippen LogP contribution is -2.24. The van der Waals surface area contributed by atoms with Crippen LogP contribution in [-0.4, -0.2) is 77.9 Å². The Morgan fingerprint density at radius 3 is 1.43 bits per heavy atom. The van der Waals surface area contributed by atoms with Crippen LogP contribution in [0.4, 0.5) is 13.2 Å². The smallest absolute Gasteiger partial charge is 0.446 e. The number of carbonyl (C=O) groups excluding carboxylic acids is 2. The summed E-state index contributed by atoms with van der Waals surface area (Å²) in [6, 6.07) is 9.91. The third-order valence-corrected chi connectivity index (χ3v) is 11.7. The second-order valence-electron chi connectivity index (χ2n) is 16.0. The first kappa shape index (κ1) is 42.9. The average Bonchev–Trinajstić information content (AvgIpc) is 4.04. The van der Waals surface area contributed by atoms with Gasteiger partial charge in [-0.05, 0) is 132 Å². The van der Waals surface area contributed by atoms with E-state index in [2.05, 4.69) is 20.2 Å². The maximum absolute atomic E-state index is 12.2. The summed E-state index contributed by atoms with van der Waals surface area (Å²) in [6.07, 6.45) is 8.56. The van der Waals surface area contributed by atoms with Crippen molar-refractivity contribution in [3.05, 3.63) is 70.2 Å². The van der Waals surface area contributed by atoms with E-state index in [9.17, 15) is 22.8 Å². The van der Waals surface area contributed by atoms with E-state index in [-0.39, 0.29) is 21.4 Å². The van der Waals surface area contributed by atoms with E-state index in [1.807, 2.05) is 26.8 Å². The van der Waals surface area contributed by atoms with Gasteiger partial charge in [0.2, 0.25) is 18.0 Å². The number of aromatic nitrogens is 6. The van der Waals surface area contributed by atoms with Gasteiger partial charge in [0.15, 0.2) is 11.6 Å². The Hall–Kier alpha value is -4.70. The molecule has 0 saturated heterocycles. The molecule has 4 aliphatic carbocycles. The summed E-state index contributed by atoms with van der Waals surface area (Å²) in [6.45, 7) is 6.88. The monoisotopic (exact) mass is 848 g/mol. The quantitative estimate of drug-likeness (QED) is 0.0922. The molecule has 4 bridgehead atoms. The summed E-state index contributed by atoms with van der Waals surface area (Å²) in [5.41, 5.74) is -0.382. The van der Waals surface area contributed by atoms with Crippen molar-refractivity contribution in [1.82, 2.24) is 29.5 Å². The molecule has 0 aliphatic heterocycles. The van der Waals surface area contributed by atoms with Crippen LogP contribution in [0.1, 0.15) is 92.9 Å². The summed E-state index contributed by atoms with van der Waals surface area (Å²) < 4.78 is 51.6. The Kier molecular flexibility index (Phi) is 13.4. The van der Waals surface area contributed by atoms with Crippen molar-refractivity contribution in [1.29, 1.82) is 0 Å². The van der Waals surface area contributed by atoms with Crippen molar-refractivity contribution in [2.24, 2.45) is 35.5 Å². The normalized spacial score (nSPS) is 23.0. The van der Waals surface area contributed by atoms with E-state index in [0.29, 0.717) is 35.2 Å². The van der Waals surface area contributed by atoms with E-state index in [4.69, 9.17) is 47.3 Å². The van der Waals surface area contributed by atoms with Crippen LogP contribution in [-0.2, 0) is 9.53 Å². The van der Waals surface area contributed by atoms with Crippen LogP contribution in [0.3, 0.4) is 0 Å². The summed E-state index contributed by atoms with van der Waals surface area (Å²) in [5.74, 6) is 5.16. The number of hydrogen-bond donors (Lipinski definition) is 1. The number of esters is 1. The number of rotatable bonds is 10. The number of aromatic carboxylic acids is 1. The minimum atomic E-state index is -4.64. The molecule has 4 aromatic heterocycles. The molecule has 0 aromatic carbocycles. The van der Waals surface area contributed by atoms with Gasteiger partial charge in [0.1, 0.15) is 15.9 Å². The van der Waals surface area contributed by atoms with E-state index in [1.165, 1.54) is 62.1 Å². The molecule has 0 atom stereocenters. The number of pyridine rings is 2. The van der Waals surface area contributed by atoms with Crippen molar-refractivity contribution in [2.75, 3.05) is 13.2 Å². The van der Waals surface area contributed by atoms with Gasteiger partial charge in [0, 0.05) is 24.5 Å². The van der Waals surface area contributed by atoms with Gasteiger partial charge in [-0.3, -0.25) is 4.79 Å². The zero-order chi connectivity index (χ0) is 41.8. The van der Waals surface area contributed by atoms with E-state index >= 15 is 0 Å². The van der Waals surface area contributed by atoms with Gasteiger partial charge in [-0.15, -0.1) is 10.2 Å². The minimum absolute atomic E-state index is 0.0271. The molecule has 4 heterocycles. The van der Waals surface area contributed by atoms with Crippen LogP contribution in [0.25, 0.3) is 11.6 Å². The Morgan fingerprint density at radius 1 is 0.724 bits per heavy atom. The first-order valence-corrected chi connectivity index (χ1v) is 19.9. The van der Waals surface area contributed by atoms with Crippen molar-refractivity contribution in [2.45, 2.75) is 83.9 Å². The molecule has 13 nitrogen and oxygen atoms in total. The maximum Gasteiger partial charge on any atom is 0.446 e. The predicted octanol–water partition coefficient (Wildman–Crippen LogP) is 8.87. The van der Waals surface area contributed by atoms with Gasteiger partial charge >= 0.3 is 18.1 Å². The predicted molar refractivity (Wildman–Crippen MR) is 206 cm³/mol. The first-order valence-electron chi connectivity index (χ1n) is 19.2. The number of carboxylic acid groups (broad SMARTS) is 1. The fourth-order valence-electron chi connectivity index (χ4n) is 8.45. The highest BCUT2D eigenvalue weighted by atomic mass is 35.5. The maximum atomic E-state index is 12.2. The van der Waals surface area contributed by atoms with E-state index < -0.39 is 30.0 Å². The molecule has 4 aliphatic rings. The lowest BCUT2D eigenvalue weighted by molar-refractivity contribution is -0.156. The SMILES string of the molecule is CC(C)(C)OC(=O)c1ccc(-n2ccc(OCC3C4CCC3CC4)n2)nc1Cl.O=C(O)c1ccc(-n2ccc(OCC3C4CCC3CC4)n2)nc1Cl.O=CC(F)(F)F. The summed E-state index contributed by atoms with van der Waals surface area (Å²) in [7, 11) is 0. The van der Waals surface area contributed by atoms with Gasteiger partial charge in [-0.1, -0.05) is 23.2 Å². The molecule has 4 saturated carbocycles. The molecule has 8 rings (SSSR count). The highest BCUT2D eigenvalue weighted by Gasteiger charge is 2.42. The van der Waals surface area contributed by atoms with Gasteiger partial charge in [-0.2, -0.15) is 13.2 Å². The summed E-state index contributed by atoms with van der Waals surface area (Å²) in [4.78, 5) is 40.3. The standard InChI is InChI=1S/C21H26ClN3O3.C17H18ClN3O3.C2HF3O/c1-21(2,3)28-20(26)15-8-9-17(23-19(15)22)25-11-10-18(24-25)27-12-16-13-4-5-14(16)7-6-13;18-16-12(17(22)23)5-6-14(19-16)21-8-7-15(20-21)24-9-13-10-1-2-11(13)4-3-10;3-2(4,5)1-6/h8-11,13-14,16H,4-7,12H2,1-3H3;5-8,10-11,13H,1-4,9H2,(H,22,23);1H. The molecule has 312 valence electrons. The summed E-state index contributed by atoms with van der Waals surface area (Å²) in [5, 5.41) is 17.8. The first-order chi connectivity index (χ1) is 27.5. The molecule has 18 heteroatoms. The lowest BCUT2D eigenvalue weighted by Gasteiger charge is -2.19. The number of nitrogens with zero attached hydrogens (tertiary/aromatic N) is 6. The van der Waals surface area contributed by atoms with Crippen molar-refractivity contribution < 1.29 is 46.9 Å². The largest absolute Gasteiger partial charge is 0.478 e. The molecule has 1 N–H and O–H groups in total. The third kappa shape index (κ3) is 10.9. The van der Waals surface area contributed by atoms with Crippen LogP contribution < -0.4 is 9.47 Å². The number of alkyl halides is 3. The number of carbonyl (C=O) groups is 3. The molecule has 58 heavy (non-hydrogen) atoms. The van der Waals surface area contributed by atoms with Gasteiger partial charge in [0.25, 0.3) is 0 Å². The molecule has 0 amide bonds. The minimum Gasteiger partial charge on any atom is -0.478 e. The highest BCUT2D eigenvalue weighted by Crippen LogP contribution is 2.50. The van der Waals surface area contributed by atoms with Crippen molar-refractivity contribution in [3.8, 4) is 23.4 Å². The number of ether oxygens (including phenoxy) is 3. The number of fused-ring (bicyclic) bond motifs is 4. The molecule has 0 radical (unpaired) electrons. The molecule has 0 unspecified atom stereocenters. The Labute approximate surface area is 343 Å². The molecule has 4 aromatic rings. The van der Waals surface area contributed by atoms with Gasteiger partial charge in [0.05, 0.1) is 24.3 Å². The third-order valence-electron chi connectivity index (χ3n) is 11.2. The van der Waals surface area contributed by atoms with E-state index in [0.717, 1.165) is 36.9 Å². The topological polar surface area (TPSA) is 161 Å². The average molecular weight is 850 g/mol. The second-order valence-corrected chi connectivity index (χ2v) is 16.7. The van der Waals surface area contributed by atoms with Crippen LogP contribution in [0, 0.1) is 35.5 Å². The molecule has 4 fully saturated rings. The zero-order valence-corrected chi connectivity index (χ0v) is 33.7. The van der Waals surface area contributed by atoms with Crippen molar-refractivity contribution >= 4 is 41.4 Å². The molecular weight excluding hydrogens is 804 g/mol. The van der Waals surface area contributed by atoms with Crippen LogP contribution in [0.5, 0.6) is 11.8 Å². The van der Waals surface area contributed by atoms with Crippen molar-refractivity contribution in [3.63, 3.8) is 0 Å². The van der Waals surface area contributed by atoms with Gasteiger partial charge in [-0.25, -0.2) is 28.9 Å². The van der Waals surface area contributed by atoms with Crippen LogP contribution in [0.2, 0.25) is 10.3 Å². The highest BCUT2D eigenvalue weighted by molar-refractivity contribution is 6.32. The van der Waals surface area contributed by atoms with E-state index in [1.54, 1.807) is 41.3 Å². The number of aldehydes is 1. The summed E-state index contributed by atoms with van der Waals surface area (Å²) >= 11 is 12.1. The fourth-order valence-corrected chi connectivity index (χ4v) is 8.91. The Bertz CT molecular complexity index is 2050. The zero-order valence-electron chi connectivity index (χ0n) is 32.2. The van der Waals surface area contributed by atoms with Gasteiger partial charge < -0.3 is 19.3 Å². The number of carboxylic acids is 1. The number of halogens is 5. The van der Waals surface area contributed by atoms with Crippen LogP contribution in [0.15, 0.2) is 48.8 Å².